The predicted octanol–water partition coefficient (Wildman–Crippen LogP) is 3.37. The topological polar surface area (TPSA) is 34.1 Å². The molecule has 0 spiro atoms. The number of aryl methyl sites for hydroxylation is 1. The predicted molar refractivity (Wildman–Crippen MR) is 81.0 cm³/mol. The Morgan fingerprint density at radius 3 is 2.95 bits per heavy atom. The Morgan fingerprint density at radius 2 is 2.20 bits per heavy atom. The zero-order chi connectivity index (χ0) is 13.9. The minimum Gasteiger partial charge on any atom is -0.378 e. The van der Waals surface area contributed by atoms with Gasteiger partial charge in [0.25, 0.3) is 0 Å². The molecule has 3 nitrogen and oxygen atoms in total. The van der Waals surface area contributed by atoms with Crippen molar-refractivity contribution in [3.63, 3.8) is 0 Å². The molecule has 104 valence electrons. The van der Waals surface area contributed by atoms with Crippen molar-refractivity contribution in [2.24, 2.45) is 0 Å². The van der Waals surface area contributed by atoms with Crippen molar-refractivity contribution in [1.29, 1.82) is 0 Å². The second kappa shape index (κ2) is 5.92. The third-order valence-electron chi connectivity index (χ3n) is 3.46. The molecule has 2 heterocycles. The zero-order valence-corrected chi connectivity index (χ0v) is 12.2. The molecule has 1 atom stereocenters. The normalized spacial score (nSPS) is 19.0. The Hall–Kier alpha value is -1.42. The Morgan fingerprint density at radius 1 is 1.30 bits per heavy atom. The van der Waals surface area contributed by atoms with Gasteiger partial charge in [-0.05, 0) is 48.4 Å². The Balaban J connectivity index is 1.97. The Labute approximate surface area is 123 Å². The molecule has 1 aliphatic rings. The summed E-state index contributed by atoms with van der Waals surface area (Å²) in [7, 11) is 0. The van der Waals surface area contributed by atoms with E-state index in [0.717, 1.165) is 35.0 Å². The molecule has 0 aliphatic carbocycles. The van der Waals surface area contributed by atoms with Gasteiger partial charge in [-0.2, -0.15) is 0 Å². The van der Waals surface area contributed by atoms with Gasteiger partial charge in [-0.1, -0.05) is 11.6 Å². The van der Waals surface area contributed by atoms with Crippen LogP contribution in [0.2, 0.25) is 5.02 Å². The fraction of sp³-hybridized carbons (Fsp3) is 0.312. The number of hydrogen-bond acceptors (Lipinski definition) is 3. The molecule has 4 heteroatoms. The summed E-state index contributed by atoms with van der Waals surface area (Å²) in [6.45, 7) is 4.38. The first-order valence-corrected chi connectivity index (χ1v) is 7.15. The molecule has 3 rings (SSSR count). The number of morpholine rings is 1. The van der Waals surface area contributed by atoms with Gasteiger partial charge in [0, 0.05) is 23.3 Å². The number of pyridine rings is 1. The van der Waals surface area contributed by atoms with Crippen LogP contribution in [0.1, 0.15) is 17.2 Å². The molecule has 1 aromatic carbocycles. The summed E-state index contributed by atoms with van der Waals surface area (Å²) in [6, 6.07) is 10.3. The van der Waals surface area contributed by atoms with Gasteiger partial charge in [0.1, 0.15) is 0 Å². The van der Waals surface area contributed by atoms with Crippen LogP contribution in [-0.4, -0.2) is 24.7 Å². The van der Waals surface area contributed by atoms with E-state index in [1.54, 1.807) is 0 Å². The number of ether oxygens (including phenoxy) is 1. The van der Waals surface area contributed by atoms with E-state index in [4.69, 9.17) is 16.3 Å². The fourth-order valence-corrected chi connectivity index (χ4v) is 2.68. The van der Waals surface area contributed by atoms with Gasteiger partial charge in [0.2, 0.25) is 0 Å². The highest BCUT2D eigenvalue weighted by Crippen LogP contribution is 2.27. The second-order valence-corrected chi connectivity index (χ2v) is 5.51. The first kappa shape index (κ1) is 13.6. The lowest BCUT2D eigenvalue weighted by Gasteiger charge is -2.24. The van der Waals surface area contributed by atoms with Crippen molar-refractivity contribution in [2.75, 3.05) is 19.8 Å². The van der Waals surface area contributed by atoms with Crippen LogP contribution in [0.4, 0.5) is 0 Å². The summed E-state index contributed by atoms with van der Waals surface area (Å²) >= 11 is 6.26. The van der Waals surface area contributed by atoms with Crippen molar-refractivity contribution in [3.05, 3.63) is 52.7 Å². The third kappa shape index (κ3) is 3.01. The Kier molecular flexibility index (Phi) is 4.01. The van der Waals surface area contributed by atoms with E-state index in [1.165, 1.54) is 5.56 Å². The number of benzene rings is 1. The van der Waals surface area contributed by atoms with E-state index in [0.29, 0.717) is 6.61 Å². The van der Waals surface area contributed by atoms with Gasteiger partial charge in [0.05, 0.1) is 24.9 Å². The van der Waals surface area contributed by atoms with Gasteiger partial charge in [-0.25, -0.2) is 0 Å². The summed E-state index contributed by atoms with van der Waals surface area (Å²) in [5, 5.41) is 4.18. The van der Waals surface area contributed by atoms with Crippen molar-refractivity contribution < 1.29 is 4.74 Å². The molecule has 0 saturated carbocycles. The summed E-state index contributed by atoms with van der Waals surface area (Å²) in [5.74, 6) is 0. The van der Waals surface area contributed by atoms with E-state index in [-0.39, 0.29) is 6.04 Å². The molecule has 1 N–H and O–H groups in total. The number of nitrogens with zero attached hydrogens (tertiary/aromatic N) is 1. The zero-order valence-electron chi connectivity index (χ0n) is 11.4. The van der Waals surface area contributed by atoms with E-state index < -0.39 is 0 Å². The van der Waals surface area contributed by atoms with Gasteiger partial charge >= 0.3 is 0 Å². The van der Waals surface area contributed by atoms with E-state index >= 15 is 0 Å². The lowest BCUT2D eigenvalue weighted by Crippen LogP contribution is -2.34. The lowest BCUT2D eigenvalue weighted by atomic mass is 10.0. The molecule has 1 aliphatic heterocycles. The van der Waals surface area contributed by atoms with E-state index in [1.807, 2.05) is 24.4 Å². The molecule has 1 fully saturated rings. The van der Waals surface area contributed by atoms with Crippen molar-refractivity contribution >= 4 is 11.6 Å². The smallest absolute Gasteiger partial charge is 0.0705 e. The molecule has 0 radical (unpaired) electrons. The minimum absolute atomic E-state index is 0.200. The average molecular weight is 289 g/mol. The van der Waals surface area contributed by atoms with Crippen LogP contribution >= 0.6 is 11.6 Å². The van der Waals surface area contributed by atoms with Gasteiger partial charge in [-0.15, -0.1) is 0 Å². The van der Waals surface area contributed by atoms with Crippen LogP contribution in [0, 0.1) is 6.92 Å². The lowest BCUT2D eigenvalue weighted by molar-refractivity contribution is 0.0769. The number of rotatable bonds is 2. The maximum Gasteiger partial charge on any atom is 0.0705 e. The highest BCUT2D eigenvalue weighted by Gasteiger charge is 2.16. The van der Waals surface area contributed by atoms with Crippen molar-refractivity contribution in [2.45, 2.75) is 13.0 Å². The standard InChI is InChI=1S/C16H17ClN2O/c1-11-2-3-18-15(6-11)12-7-13(9-14(17)8-12)16-10-20-5-4-19-16/h2-3,6-9,16,19H,4-5,10H2,1H3. The first-order valence-electron chi connectivity index (χ1n) is 6.77. The second-order valence-electron chi connectivity index (χ2n) is 5.07. The third-order valence-corrected chi connectivity index (χ3v) is 3.67. The Bertz CT molecular complexity index is 609. The minimum atomic E-state index is 0.200. The highest BCUT2D eigenvalue weighted by molar-refractivity contribution is 6.31. The molecule has 0 bridgehead atoms. The maximum absolute atomic E-state index is 6.26. The van der Waals surface area contributed by atoms with Crippen LogP contribution in [0.5, 0.6) is 0 Å². The van der Waals surface area contributed by atoms with E-state index in [9.17, 15) is 0 Å². The van der Waals surface area contributed by atoms with E-state index in [2.05, 4.69) is 29.4 Å². The van der Waals surface area contributed by atoms with Crippen molar-refractivity contribution in [1.82, 2.24) is 10.3 Å². The van der Waals surface area contributed by atoms with Gasteiger partial charge in [0.15, 0.2) is 0 Å². The quantitative estimate of drug-likeness (QED) is 0.920. The summed E-state index contributed by atoms with van der Waals surface area (Å²) in [6.07, 6.45) is 1.83. The largest absolute Gasteiger partial charge is 0.378 e. The molecular weight excluding hydrogens is 272 g/mol. The summed E-state index contributed by atoms with van der Waals surface area (Å²) in [5.41, 5.74) is 4.33. The molecular formula is C16H17ClN2O. The number of halogens is 1. The van der Waals surface area contributed by atoms with Crippen LogP contribution in [-0.2, 0) is 4.74 Å². The van der Waals surface area contributed by atoms with Crippen LogP contribution in [0.3, 0.4) is 0 Å². The highest BCUT2D eigenvalue weighted by atomic mass is 35.5. The van der Waals surface area contributed by atoms with Gasteiger partial charge in [-0.3, -0.25) is 4.98 Å². The fourth-order valence-electron chi connectivity index (χ4n) is 2.43. The van der Waals surface area contributed by atoms with Crippen LogP contribution in [0.15, 0.2) is 36.5 Å². The molecule has 2 aromatic rings. The van der Waals surface area contributed by atoms with Crippen LogP contribution in [0.25, 0.3) is 11.3 Å². The SMILES string of the molecule is Cc1ccnc(-c2cc(Cl)cc(C3COCCN3)c2)c1. The number of aromatic nitrogens is 1. The molecule has 0 amide bonds. The monoisotopic (exact) mass is 288 g/mol. The number of hydrogen-bond donors (Lipinski definition) is 1. The molecule has 1 aromatic heterocycles. The van der Waals surface area contributed by atoms with Gasteiger partial charge < -0.3 is 10.1 Å². The number of nitrogens with one attached hydrogen (secondary N) is 1. The summed E-state index contributed by atoms with van der Waals surface area (Å²) in [4.78, 5) is 4.43. The summed E-state index contributed by atoms with van der Waals surface area (Å²) < 4.78 is 5.52. The molecule has 1 saturated heterocycles. The molecule has 20 heavy (non-hydrogen) atoms. The molecule has 1 unspecified atom stereocenters. The van der Waals surface area contributed by atoms with Crippen molar-refractivity contribution in [3.8, 4) is 11.3 Å². The van der Waals surface area contributed by atoms with Crippen LogP contribution < -0.4 is 5.32 Å². The average Bonchev–Trinajstić information content (AvgIpc) is 2.47. The maximum atomic E-state index is 6.26. The first-order chi connectivity index (χ1) is 9.72.